The summed E-state index contributed by atoms with van der Waals surface area (Å²) in [6.07, 6.45) is 0. The van der Waals surface area contributed by atoms with Gasteiger partial charge in [-0.15, -0.1) is 22.0 Å². The molecule has 0 saturated carbocycles. The fraction of sp³-hybridized carbons (Fsp3) is 0.154. The molecule has 0 fully saturated rings. The number of carbonyl (C=O) groups excluding carboxylic acids is 1. The number of ether oxygens (including phenoxy) is 1. The number of thioether (sulfide) groups is 1. The Balaban J connectivity index is 1.72. The van der Waals surface area contributed by atoms with Gasteiger partial charge in [0.25, 0.3) is 16.0 Å². The number of hydrogen-bond acceptors (Lipinski definition) is 8. The van der Waals surface area contributed by atoms with E-state index in [0.717, 1.165) is 22.9 Å². The highest BCUT2D eigenvalue weighted by Crippen LogP contribution is 2.34. The van der Waals surface area contributed by atoms with Crippen molar-refractivity contribution in [2.75, 3.05) is 17.1 Å². The molecule has 0 amide bonds. The fourth-order valence-electron chi connectivity index (χ4n) is 3.43. The topological polar surface area (TPSA) is 111 Å². The lowest BCUT2D eigenvalue weighted by Crippen LogP contribution is -2.17. The van der Waals surface area contributed by atoms with Crippen LogP contribution >= 0.6 is 23.4 Å². The molecule has 0 atom stereocenters. The minimum Gasteiger partial charge on any atom is -0.465 e. The Morgan fingerprint density at radius 1 is 0.973 bits per heavy atom. The molecule has 4 aromatic rings. The van der Waals surface area contributed by atoms with Gasteiger partial charge in [-0.1, -0.05) is 72.3 Å². The zero-order valence-electron chi connectivity index (χ0n) is 20.0. The number of aromatic nitrogens is 3. The highest BCUT2D eigenvalue weighted by Gasteiger charge is 2.24. The Morgan fingerprint density at radius 2 is 1.59 bits per heavy atom. The molecule has 8 nitrogen and oxygen atoms in total. The molecule has 1 aromatic heterocycles. The third kappa shape index (κ3) is 6.46. The second-order valence-corrected chi connectivity index (χ2v) is 10.9. The summed E-state index contributed by atoms with van der Waals surface area (Å²) >= 11 is 7.28. The quantitative estimate of drug-likeness (QED) is 0.209. The number of benzene rings is 3. The molecular weight excluding hydrogens is 532 g/mol. The monoisotopic (exact) mass is 554 g/mol. The molecule has 0 aliphatic carbocycles. The van der Waals surface area contributed by atoms with Crippen molar-refractivity contribution >= 4 is 45.3 Å². The Hall–Kier alpha value is -3.47. The number of carbonyl (C=O) groups is 1. The summed E-state index contributed by atoms with van der Waals surface area (Å²) < 4.78 is 34.3. The summed E-state index contributed by atoms with van der Waals surface area (Å²) in [5.74, 6) is -0.720. The van der Waals surface area contributed by atoms with Crippen LogP contribution in [0.2, 0.25) is 5.02 Å². The van der Waals surface area contributed by atoms with Crippen LogP contribution in [0.3, 0.4) is 0 Å². The predicted molar refractivity (Wildman–Crippen MR) is 145 cm³/mol. The fourth-order valence-corrected chi connectivity index (χ4v) is 6.02. The van der Waals surface area contributed by atoms with Crippen LogP contribution in [0.1, 0.15) is 12.5 Å². The van der Waals surface area contributed by atoms with E-state index in [4.69, 9.17) is 16.3 Å². The largest absolute Gasteiger partial charge is 0.465 e. The number of anilines is 1. The second kappa shape index (κ2) is 11.7. The molecule has 190 valence electrons. The Bertz CT molecular complexity index is 1520. The number of sulfonamides is 1. The molecule has 11 heteroatoms. The summed E-state index contributed by atoms with van der Waals surface area (Å²) in [7, 11) is -4.17. The Morgan fingerprint density at radius 3 is 2.22 bits per heavy atom. The first-order valence-electron chi connectivity index (χ1n) is 11.3. The zero-order chi connectivity index (χ0) is 26.4. The summed E-state index contributed by atoms with van der Waals surface area (Å²) in [5.41, 5.74) is 3.10. The lowest BCUT2D eigenvalue weighted by molar-refractivity contribution is -0.139. The van der Waals surface area contributed by atoms with Gasteiger partial charge in [0, 0.05) is 21.0 Å². The highest BCUT2D eigenvalue weighted by molar-refractivity contribution is 8.01. The van der Waals surface area contributed by atoms with E-state index < -0.39 is 16.0 Å². The summed E-state index contributed by atoms with van der Waals surface area (Å²) in [6, 6.07) is 21.7. The van der Waals surface area contributed by atoms with E-state index in [0.29, 0.717) is 26.9 Å². The second-order valence-electron chi connectivity index (χ2n) is 7.81. The van der Waals surface area contributed by atoms with Crippen LogP contribution in [-0.2, 0) is 19.6 Å². The summed E-state index contributed by atoms with van der Waals surface area (Å²) in [5, 5.41) is 8.75. The van der Waals surface area contributed by atoms with Crippen molar-refractivity contribution in [2.24, 2.45) is 0 Å². The van der Waals surface area contributed by atoms with Gasteiger partial charge in [-0.05, 0) is 31.5 Å². The van der Waals surface area contributed by atoms with Crippen molar-refractivity contribution in [2.45, 2.75) is 23.6 Å². The standard InChI is InChI=1S/C26H23ClN4O4S2/c1-3-35-23(32)16-36-21-15-20(27)17(2)14-22(21)37(33,34)31-26-28-24(18-10-6-4-7-11-18)25(29-30-26)19-12-8-5-9-13-19/h4-15H,3,16H2,1-2H3,(H,28,30,31). The number of nitrogens with one attached hydrogen (secondary N) is 1. The Labute approximate surface area is 224 Å². The maximum atomic E-state index is 13.5. The van der Waals surface area contributed by atoms with Gasteiger partial charge in [0.15, 0.2) is 0 Å². The molecule has 4 rings (SSSR count). The highest BCUT2D eigenvalue weighted by atomic mass is 35.5. The lowest BCUT2D eigenvalue weighted by atomic mass is 10.0. The van der Waals surface area contributed by atoms with Crippen LogP contribution in [0.15, 0.2) is 82.6 Å². The van der Waals surface area contributed by atoms with Gasteiger partial charge in [0.2, 0.25) is 0 Å². The minimum absolute atomic E-state index is 0.0549. The SMILES string of the molecule is CCOC(=O)CSc1cc(Cl)c(C)cc1S(=O)(=O)Nc1nnc(-c2ccccc2)c(-c2ccccc2)n1. The normalized spacial score (nSPS) is 11.2. The van der Waals surface area contributed by atoms with Crippen molar-refractivity contribution < 1.29 is 17.9 Å². The van der Waals surface area contributed by atoms with E-state index in [9.17, 15) is 13.2 Å². The first-order valence-corrected chi connectivity index (χ1v) is 14.1. The maximum absolute atomic E-state index is 13.5. The molecule has 0 radical (unpaired) electrons. The molecule has 0 spiro atoms. The molecule has 37 heavy (non-hydrogen) atoms. The van der Waals surface area contributed by atoms with Crippen LogP contribution < -0.4 is 4.72 Å². The molecule has 0 saturated heterocycles. The third-order valence-corrected chi connectivity index (χ3v) is 8.11. The van der Waals surface area contributed by atoms with Gasteiger partial charge in [-0.2, -0.15) is 0 Å². The molecule has 0 aliphatic heterocycles. The molecule has 0 unspecified atom stereocenters. The number of hydrogen-bond donors (Lipinski definition) is 1. The van der Waals surface area contributed by atoms with E-state index in [2.05, 4.69) is 19.9 Å². The van der Waals surface area contributed by atoms with Crippen LogP contribution in [-0.4, -0.2) is 41.9 Å². The molecular formula is C26H23ClN4O4S2. The average Bonchev–Trinajstić information content (AvgIpc) is 2.90. The molecule has 0 aliphatic rings. The van der Waals surface area contributed by atoms with Crippen molar-refractivity contribution in [3.05, 3.63) is 83.4 Å². The molecule has 3 aromatic carbocycles. The summed E-state index contributed by atoms with van der Waals surface area (Å²) in [4.78, 5) is 16.6. The average molecular weight is 555 g/mol. The van der Waals surface area contributed by atoms with Gasteiger partial charge in [-0.3, -0.25) is 4.79 Å². The predicted octanol–water partition coefficient (Wildman–Crippen LogP) is 5.62. The number of halogens is 1. The van der Waals surface area contributed by atoms with Crippen molar-refractivity contribution in [1.29, 1.82) is 0 Å². The van der Waals surface area contributed by atoms with Gasteiger partial charge in [-0.25, -0.2) is 18.1 Å². The van der Waals surface area contributed by atoms with Gasteiger partial charge in [0.1, 0.15) is 16.3 Å². The van der Waals surface area contributed by atoms with E-state index >= 15 is 0 Å². The van der Waals surface area contributed by atoms with E-state index in [1.54, 1.807) is 13.8 Å². The maximum Gasteiger partial charge on any atom is 0.316 e. The van der Waals surface area contributed by atoms with Gasteiger partial charge >= 0.3 is 5.97 Å². The molecule has 0 bridgehead atoms. The number of esters is 1. The van der Waals surface area contributed by atoms with Gasteiger partial charge < -0.3 is 4.74 Å². The van der Waals surface area contributed by atoms with Gasteiger partial charge in [0.05, 0.1) is 12.4 Å². The minimum atomic E-state index is -4.17. The van der Waals surface area contributed by atoms with E-state index in [1.807, 2.05) is 60.7 Å². The van der Waals surface area contributed by atoms with Crippen molar-refractivity contribution in [3.63, 3.8) is 0 Å². The number of aryl methyl sites for hydroxylation is 1. The lowest BCUT2D eigenvalue weighted by Gasteiger charge is -2.14. The number of rotatable bonds is 9. The smallest absolute Gasteiger partial charge is 0.316 e. The van der Waals surface area contributed by atoms with Crippen molar-refractivity contribution in [3.8, 4) is 22.5 Å². The molecule has 1 N–H and O–H groups in total. The van der Waals surface area contributed by atoms with Crippen LogP contribution in [0.25, 0.3) is 22.5 Å². The summed E-state index contributed by atoms with van der Waals surface area (Å²) in [6.45, 7) is 3.63. The van der Waals surface area contributed by atoms with Crippen LogP contribution in [0.4, 0.5) is 5.95 Å². The van der Waals surface area contributed by atoms with E-state index in [1.165, 1.54) is 12.1 Å². The first kappa shape index (κ1) is 26.6. The first-order chi connectivity index (χ1) is 17.8. The third-order valence-electron chi connectivity index (χ3n) is 5.17. The van der Waals surface area contributed by atoms with Crippen LogP contribution in [0, 0.1) is 6.92 Å². The van der Waals surface area contributed by atoms with E-state index in [-0.39, 0.29) is 23.2 Å². The zero-order valence-corrected chi connectivity index (χ0v) is 22.4. The Kier molecular flexibility index (Phi) is 8.42. The van der Waals surface area contributed by atoms with Crippen LogP contribution in [0.5, 0.6) is 0 Å². The number of nitrogens with zero attached hydrogens (tertiary/aromatic N) is 3. The van der Waals surface area contributed by atoms with Crippen molar-refractivity contribution in [1.82, 2.24) is 15.2 Å². The molecule has 1 heterocycles.